The van der Waals surface area contributed by atoms with E-state index < -0.39 is 18.0 Å². The van der Waals surface area contributed by atoms with Crippen LogP contribution >= 0.6 is 0 Å². The summed E-state index contributed by atoms with van der Waals surface area (Å²) in [5.74, 6) is -1.60. The van der Waals surface area contributed by atoms with Gasteiger partial charge in [0.25, 0.3) is 0 Å². The fraction of sp³-hybridized carbons (Fsp3) is 0.143. The number of esters is 1. The molecule has 0 saturated heterocycles. The monoisotopic (exact) mass is 259 g/mol. The average Bonchev–Trinajstić information content (AvgIpc) is 2.89. The van der Waals surface area contributed by atoms with Crippen LogP contribution in [-0.2, 0) is 9.53 Å². The summed E-state index contributed by atoms with van der Waals surface area (Å²) in [6.45, 7) is 0. The van der Waals surface area contributed by atoms with Crippen molar-refractivity contribution in [3.8, 4) is 0 Å². The van der Waals surface area contributed by atoms with E-state index in [-0.39, 0.29) is 5.69 Å². The van der Waals surface area contributed by atoms with Crippen LogP contribution in [0.1, 0.15) is 22.1 Å². The number of nitrogens with zero attached hydrogens (tertiary/aromatic N) is 1. The smallest absolute Gasteiger partial charge is 0.352 e. The average molecular weight is 259 g/mol. The fourth-order valence-corrected chi connectivity index (χ4v) is 1.96. The van der Waals surface area contributed by atoms with Gasteiger partial charge < -0.3 is 14.4 Å². The van der Waals surface area contributed by atoms with Gasteiger partial charge in [0.1, 0.15) is 5.69 Å². The van der Waals surface area contributed by atoms with Crippen LogP contribution in [0.25, 0.3) is 0 Å². The van der Waals surface area contributed by atoms with Gasteiger partial charge in [-0.1, -0.05) is 30.3 Å². The van der Waals surface area contributed by atoms with E-state index in [9.17, 15) is 9.59 Å². The predicted molar refractivity (Wildman–Crippen MR) is 68.0 cm³/mol. The number of ether oxygens (including phenoxy) is 1. The number of benzene rings is 1. The molecular weight excluding hydrogens is 246 g/mol. The number of methoxy groups -OCH3 is 1. The van der Waals surface area contributed by atoms with E-state index in [0.717, 1.165) is 0 Å². The van der Waals surface area contributed by atoms with E-state index in [1.54, 1.807) is 36.5 Å². The molecule has 5 nitrogen and oxygen atoms in total. The number of rotatable bonds is 4. The molecule has 0 aliphatic heterocycles. The molecule has 1 aromatic heterocycles. The molecule has 1 unspecified atom stereocenters. The van der Waals surface area contributed by atoms with Crippen LogP contribution in [0.5, 0.6) is 0 Å². The Morgan fingerprint density at radius 1 is 1.16 bits per heavy atom. The molecule has 0 spiro atoms. The molecule has 5 heteroatoms. The van der Waals surface area contributed by atoms with Crippen LogP contribution in [0.15, 0.2) is 48.7 Å². The van der Waals surface area contributed by atoms with Crippen LogP contribution in [0.3, 0.4) is 0 Å². The molecule has 0 amide bonds. The second kappa shape index (κ2) is 5.39. The second-order valence-corrected chi connectivity index (χ2v) is 3.94. The predicted octanol–water partition coefficient (Wildman–Crippen LogP) is 1.95. The van der Waals surface area contributed by atoms with Crippen LogP contribution in [-0.4, -0.2) is 28.7 Å². The molecule has 1 heterocycles. The first-order chi connectivity index (χ1) is 9.15. The number of aromatic carboxylic acids is 1. The second-order valence-electron chi connectivity index (χ2n) is 3.94. The molecule has 0 radical (unpaired) electrons. The minimum atomic E-state index is -1.09. The Morgan fingerprint density at radius 3 is 2.42 bits per heavy atom. The topological polar surface area (TPSA) is 68.5 Å². The molecule has 2 rings (SSSR count). The first-order valence-electron chi connectivity index (χ1n) is 5.68. The highest BCUT2D eigenvalue weighted by atomic mass is 16.5. The summed E-state index contributed by atoms with van der Waals surface area (Å²) in [5.41, 5.74) is 0.715. The van der Waals surface area contributed by atoms with Crippen LogP contribution < -0.4 is 0 Å². The fourth-order valence-electron chi connectivity index (χ4n) is 1.96. The van der Waals surface area contributed by atoms with Crippen molar-refractivity contribution in [2.75, 3.05) is 7.11 Å². The van der Waals surface area contributed by atoms with Gasteiger partial charge in [0, 0.05) is 6.20 Å². The summed E-state index contributed by atoms with van der Waals surface area (Å²) in [6, 6.07) is 11.1. The Kier molecular flexibility index (Phi) is 3.66. The number of aromatic nitrogens is 1. The number of hydrogen-bond acceptors (Lipinski definition) is 3. The lowest BCUT2D eigenvalue weighted by molar-refractivity contribution is -0.143. The molecule has 0 aliphatic carbocycles. The number of carbonyl (C=O) groups is 2. The lowest BCUT2D eigenvalue weighted by atomic mass is 10.1. The zero-order valence-corrected chi connectivity index (χ0v) is 10.3. The zero-order valence-electron chi connectivity index (χ0n) is 10.3. The highest BCUT2D eigenvalue weighted by molar-refractivity contribution is 5.87. The summed E-state index contributed by atoms with van der Waals surface area (Å²) in [5, 5.41) is 9.13. The highest BCUT2D eigenvalue weighted by Crippen LogP contribution is 2.22. The number of hydrogen-bond donors (Lipinski definition) is 1. The summed E-state index contributed by atoms with van der Waals surface area (Å²) in [7, 11) is 1.28. The van der Waals surface area contributed by atoms with Crippen molar-refractivity contribution < 1.29 is 19.4 Å². The van der Waals surface area contributed by atoms with E-state index in [1.165, 1.54) is 17.7 Å². The minimum absolute atomic E-state index is 0.0410. The highest BCUT2D eigenvalue weighted by Gasteiger charge is 2.26. The third-order valence-corrected chi connectivity index (χ3v) is 2.82. The maximum atomic E-state index is 11.9. The molecule has 0 saturated carbocycles. The molecule has 0 aliphatic rings. The molecule has 0 bridgehead atoms. The molecule has 1 atom stereocenters. The quantitative estimate of drug-likeness (QED) is 0.852. The first-order valence-corrected chi connectivity index (χ1v) is 5.68. The zero-order chi connectivity index (χ0) is 13.8. The lowest BCUT2D eigenvalue weighted by Crippen LogP contribution is -2.24. The molecular formula is C14H13NO4. The lowest BCUT2D eigenvalue weighted by Gasteiger charge is -2.18. The third kappa shape index (κ3) is 2.49. The van der Waals surface area contributed by atoms with Crippen molar-refractivity contribution in [2.45, 2.75) is 6.04 Å². The molecule has 1 N–H and O–H groups in total. The number of carbonyl (C=O) groups excluding carboxylic acids is 1. The van der Waals surface area contributed by atoms with E-state index in [2.05, 4.69) is 0 Å². The van der Waals surface area contributed by atoms with Crippen molar-refractivity contribution in [2.24, 2.45) is 0 Å². The van der Waals surface area contributed by atoms with Gasteiger partial charge in [-0.3, -0.25) is 0 Å². The maximum Gasteiger partial charge on any atom is 0.352 e. The Hall–Kier alpha value is -2.56. The van der Waals surface area contributed by atoms with Crippen molar-refractivity contribution in [3.63, 3.8) is 0 Å². The largest absolute Gasteiger partial charge is 0.477 e. The summed E-state index contributed by atoms with van der Waals surface area (Å²) < 4.78 is 6.16. The Morgan fingerprint density at radius 2 is 1.84 bits per heavy atom. The maximum absolute atomic E-state index is 11.9. The Labute approximate surface area is 110 Å². The third-order valence-electron chi connectivity index (χ3n) is 2.82. The van der Waals surface area contributed by atoms with Crippen molar-refractivity contribution >= 4 is 11.9 Å². The van der Waals surface area contributed by atoms with Crippen LogP contribution in [0, 0.1) is 0 Å². The van der Waals surface area contributed by atoms with Gasteiger partial charge in [0.05, 0.1) is 7.11 Å². The minimum Gasteiger partial charge on any atom is -0.477 e. The van der Waals surface area contributed by atoms with Crippen molar-refractivity contribution in [1.82, 2.24) is 4.57 Å². The van der Waals surface area contributed by atoms with Crippen molar-refractivity contribution in [3.05, 3.63) is 59.9 Å². The normalized spacial score (nSPS) is 11.8. The van der Waals surface area contributed by atoms with Gasteiger partial charge in [-0.25, -0.2) is 9.59 Å². The van der Waals surface area contributed by atoms with E-state index in [4.69, 9.17) is 9.84 Å². The Bertz CT molecular complexity index is 589. The van der Waals surface area contributed by atoms with Gasteiger partial charge >= 0.3 is 11.9 Å². The molecule has 19 heavy (non-hydrogen) atoms. The van der Waals surface area contributed by atoms with Crippen LogP contribution in [0.4, 0.5) is 0 Å². The van der Waals surface area contributed by atoms with Gasteiger partial charge in [-0.15, -0.1) is 0 Å². The SMILES string of the molecule is COC(=O)C(c1ccccc1)n1cccc1C(=O)O. The molecule has 2 aromatic rings. The van der Waals surface area contributed by atoms with E-state index >= 15 is 0 Å². The van der Waals surface area contributed by atoms with Gasteiger partial charge in [-0.05, 0) is 17.7 Å². The van der Waals surface area contributed by atoms with Crippen molar-refractivity contribution in [1.29, 1.82) is 0 Å². The first kappa shape index (κ1) is 12.9. The van der Waals surface area contributed by atoms with Crippen LogP contribution in [0.2, 0.25) is 0 Å². The molecule has 98 valence electrons. The molecule has 0 fully saturated rings. The Balaban J connectivity index is 2.53. The molecule has 1 aromatic carbocycles. The summed E-state index contributed by atoms with van der Waals surface area (Å²) >= 11 is 0. The number of carboxylic acid groups (broad SMARTS) is 1. The summed E-state index contributed by atoms with van der Waals surface area (Å²) in [6.07, 6.45) is 1.55. The van der Waals surface area contributed by atoms with Gasteiger partial charge in [0.2, 0.25) is 0 Å². The van der Waals surface area contributed by atoms with Gasteiger partial charge in [0.15, 0.2) is 6.04 Å². The standard InChI is InChI=1S/C14H13NO4/c1-19-14(18)12(10-6-3-2-4-7-10)15-9-5-8-11(15)13(16)17/h2-9,12H,1H3,(H,16,17). The number of carboxylic acids is 1. The van der Waals surface area contributed by atoms with Gasteiger partial charge in [-0.2, -0.15) is 0 Å². The van der Waals surface area contributed by atoms with E-state index in [0.29, 0.717) is 5.56 Å². The van der Waals surface area contributed by atoms with E-state index in [1.807, 2.05) is 6.07 Å². The summed E-state index contributed by atoms with van der Waals surface area (Å²) in [4.78, 5) is 23.1.